The van der Waals surface area contributed by atoms with Gasteiger partial charge in [-0.05, 0) is 0 Å². The molecule has 5 nitrogen and oxygen atoms in total. The van der Waals surface area contributed by atoms with E-state index in [1.54, 1.807) is 4.93 Å². The van der Waals surface area contributed by atoms with E-state index in [9.17, 15) is 28.2 Å². The fourth-order valence-corrected chi connectivity index (χ4v) is 6.58. The predicted molar refractivity (Wildman–Crippen MR) is 106 cm³/mol. The van der Waals surface area contributed by atoms with E-state index in [1.165, 1.54) is 36.4 Å². The van der Waals surface area contributed by atoms with Crippen LogP contribution in [0.2, 0.25) is 5.02 Å². The molecule has 0 amide bonds. The van der Waals surface area contributed by atoms with Gasteiger partial charge in [0.15, 0.2) is 0 Å². The van der Waals surface area contributed by atoms with Crippen LogP contribution in [0.3, 0.4) is 0 Å². The molecule has 1 unspecified atom stereocenters. The van der Waals surface area contributed by atoms with Crippen LogP contribution in [0.15, 0.2) is 51.9 Å². The van der Waals surface area contributed by atoms with Gasteiger partial charge in [0.1, 0.15) is 0 Å². The summed E-state index contributed by atoms with van der Waals surface area (Å²) in [6.45, 7) is 0. The van der Waals surface area contributed by atoms with E-state index >= 15 is 0 Å². The van der Waals surface area contributed by atoms with Crippen LogP contribution < -0.4 is 32.1 Å². The molecule has 3 N–H and O–H groups in total. The molecular weight excluding hydrogens is 550 g/mol. The molecular formula is C21H17ClF3INO4-. The molecule has 0 saturated heterocycles. The molecule has 31 heavy (non-hydrogen) atoms. The first-order valence-electron chi connectivity index (χ1n) is 9.14. The minimum absolute atomic E-state index is 0.0418. The van der Waals surface area contributed by atoms with Gasteiger partial charge >= 0.3 is 190 Å². The molecule has 2 aromatic carbocycles. The summed E-state index contributed by atoms with van der Waals surface area (Å²) < 4.78 is 46.8. The summed E-state index contributed by atoms with van der Waals surface area (Å²) in [6, 6.07) is 7.08. The molecule has 10 heteroatoms. The molecule has 0 saturated carbocycles. The van der Waals surface area contributed by atoms with Crippen molar-refractivity contribution in [1.29, 1.82) is 0 Å². The van der Waals surface area contributed by atoms with Crippen LogP contribution in [0.4, 0.5) is 18.9 Å². The fraction of sp³-hybridized carbons (Fsp3) is 0.286. The summed E-state index contributed by atoms with van der Waals surface area (Å²) in [5.74, 6) is -0.264. The number of nitrogens with one attached hydrogen (secondary N) is 1. The Labute approximate surface area is 190 Å². The van der Waals surface area contributed by atoms with Crippen LogP contribution in [-0.2, 0) is 0 Å². The number of aromatic hydroxyl groups is 1. The molecule has 4 rings (SSSR count). The summed E-state index contributed by atoms with van der Waals surface area (Å²) >= 11 is 5.23. The number of phenols is 1. The maximum atomic E-state index is 14.2. The van der Waals surface area contributed by atoms with Gasteiger partial charge in [-0.1, -0.05) is 0 Å². The summed E-state index contributed by atoms with van der Waals surface area (Å²) in [5.41, 5.74) is -3.05. The van der Waals surface area contributed by atoms with Gasteiger partial charge < -0.3 is 0 Å². The fourth-order valence-electron chi connectivity index (χ4n) is 4.02. The Morgan fingerprint density at radius 2 is 1.97 bits per heavy atom. The number of anilines is 1. The Morgan fingerprint density at radius 1 is 1.23 bits per heavy atom. The molecule has 166 valence electrons. The molecule has 0 fully saturated rings. The standard InChI is InChI=1S/C21H17ClF3INO4/c1-26-14-9-20(30,21(23,24)25)18(12-5-6-13(22)17(28)16(12)14)27-15-4-2-3-11-10(15)7-8-31-19(11)29/h2-8,14,18,27-28,30H,9H2,1H3/q-1/t14?,18-,20+/m0/s1. The van der Waals surface area contributed by atoms with Gasteiger partial charge in [-0.15, -0.1) is 0 Å². The zero-order chi connectivity index (χ0) is 22.6. The van der Waals surface area contributed by atoms with E-state index in [0.717, 1.165) is 6.26 Å². The van der Waals surface area contributed by atoms with Crippen molar-refractivity contribution in [3.05, 3.63) is 69.2 Å². The number of halogens is 5. The molecule has 1 aromatic heterocycles. The minimum atomic E-state index is -4.95. The van der Waals surface area contributed by atoms with Crippen molar-refractivity contribution in [2.75, 3.05) is 10.2 Å². The van der Waals surface area contributed by atoms with Crippen LogP contribution in [0.5, 0.6) is 5.75 Å². The summed E-state index contributed by atoms with van der Waals surface area (Å²) in [7, 11) is 0. The number of hydrogen-bond acceptors (Lipinski definition) is 5. The Hall–Kier alpha value is -1.98. The Balaban J connectivity index is 1.95. The molecule has 0 radical (unpaired) electrons. The van der Waals surface area contributed by atoms with E-state index in [0.29, 0.717) is 10.9 Å². The Bertz CT molecular complexity index is 1220. The van der Waals surface area contributed by atoms with Gasteiger partial charge in [0, 0.05) is 0 Å². The van der Waals surface area contributed by atoms with E-state index in [4.69, 9.17) is 16.0 Å². The number of benzene rings is 2. The summed E-state index contributed by atoms with van der Waals surface area (Å²) in [5, 5.41) is 24.9. The van der Waals surface area contributed by atoms with E-state index in [2.05, 4.69) is 5.32 Å². The second-order valence-corrected chi connectivity index (χ2v) is 10.4. The summed E-state index contributed by atoms with van der Waals surface area (Å²) in [4.78, 5) is 13.8. The van der Waals surface area contributed by atoms with Crippen molar-refractivity contribution in [1.82, 2.24) is 0 Å². The zero-order valence-electron chi connectivity index (χ0n) is 16.0. The molecule has 3 aromatic rings. The van der Waals surface area contributed by atoms with E-state index in [1.807, 2.05) is 0 Å². The van der Waals surface area contributed by atoms with Crippen LogP contribution >= 0.6 is 11.6 Å². The van der Waals surface area contributed by atoms with Gasteiger partial charge in [0.2, 0.25) is 0 Å². The van der Waals surface area contributed by atoms with Crippen LogP contribution in [0.1, 0.15) is 27.5 Å². The number of rotatable bonds is 3. The van der Waals surface area contributed by atoms with Gasteiger partial charge in [0.05, 0.1) is 0 Å². The quantitative estimate of drug-likeness (QED) is 0.333. The molecule has 0 bridgehead atoms. The van der Waals surface area contributed by atoms with E-state index in [-0.39, 0.29) is 27.4 Å². The van der Waals surface area contributed by atoms with Crippen molar-refractivity contribution in [2.24, 2.45) is 0 Å². The monoisotopic (exact) mass is 566 g/mol. The molecule has 0 aliphatic heterocycles. The first-order chi connectivity index (χ1) is 14.6. The van der Waals surface area contributed by atoms with Gasteiger partial charge in [-0.3, -0.25) is 0 Å². The van der Waals surface area contributed by atoms with Gasteiger partial charge in [0.25, 0.3) is 0 Å². The normalized spacial score (nSPS) is 23.7. The zero-order valence-corrected chi connectivity index (χ0v) is 18.9. The molecule has 1 aliphatic carbocycles. The second-order valence-electron chi connectivity index (χ2n) is 7.26. The van der Waals surface area contributed by atoms with Crippen LogP contribution in [0, 0.1) is 0 Å². The van der Waals surface area contributed by atoms with E-state index < -0.39 is 55.0 Å². The van der Waals surface area contributed by atoms with Crippen molar-refractivity contribution in [3.8, 4) is 5.75 Å². The third-order valence-electron chi connectivity index (χ3n) is 5.58. The number of fused-ring (bicyclic) bond motifs is 2. The predicted octanol–water partition coefficient (Wildman–Crippen LogP) is 1.76. The molecule has 0 spiro atoms. The average Bonchev–Trinajstić information content (AvgIpc) is 2.72. The maximum absolute atomic E-state index is 14.2. The Morgan fingerprint density at radius 3 is 2.65 bits per heavy atom. The van der Waals surface area contributed by atoms with Crippen molar-refractivity contribution in [2.45, 2.75) is 28.2 Å². The third-order valence-corrected chi connectivity index (χ3v) is 8.46. The first kappa shape index (κ1) is 22.2. The van der Waals surface area contributed by atoms with Crippen LogP contribution in [0.25, 0.3) is 10.8 Å². The summed E-state index contributed by atoms with van der Waals surface area (Å²) in [6.07, 6.45) is -4.39. The number of hydrogen-bond donors (Lipinski definition) is 3. The third kappa shape index (κ3) is 3.56. The number of aliphatic hydroxyl groups is 1. The van der Waals surface area contributed by atoms with Crippen LogP contribution in [-0.4, -0.2) is 26.9 Å². The Kier molecular flexibility index (Phi) is 5.63. The average molecular weight is 567 g/mol. The first-order valence-corrected chi connectivity index (χ1v) is 12.9. The van der Waals surface area contributed by atoms with Gasteiger partial charge in [-0.25, -0.2) is 0 Å². The van der Waals surface area contributed by atoms with Crippen molar-refractivity contribution in [3.63, 3.8) is 0 Å². The SMILES string of the molecule is C[I-]C1C[C@](O)(C(F)(F)F)[C@@H](Nc2cccc3c(=O)occc23)c2ccc(Cl)c(O)c21. The molecule has 3 atom stereocenters. The topological polar surface area (TPSA) is 82.7 Å². The van der Waals surface area contributed by atoms with Crippen molar-refractivity contribution < 1.29 is 49.0 Å². The number of alkyl halides is 5. The number of phenolic OH excluding ortho intramolecular Hbond substituents is 1. The van der Waals surface area contributed by atoms with Crippen molar-refractivity contribution >= 4 is 28.1 Å². The van der Waals surface area contributed by atoms with Gasteiger partial charge in [-0.2, -0.15) is 0 Å². The molecule has 1 heterocycles. The molecule has 1 aliphatic rings. The second kappa shape index (κ2) is 7.86.